The molecule has 0 aliphatic carbocycles. The van der Waals surface area contributed by atoms with Gasteiger partial charge >= 0.3 is 6.03 Å². The molecule has 3 atom stereocenters. The summed E-state index contributed by atoms with van der Waals surface area (Å²) in [6, 6.07) is 5.11. The van der Waals surface area contributed by atoms with Gasteiger partial charge in [0.1, 0.15) is 11.5 Å². The maximum absolute atomic E-state index is 12.0. The van der Waals surface area contributed by atoms with Gasteiger partial charge in [-0.2, -0.15) is 11.8 Å². The van der Waals surface area contributed by atoms with E-state index < -0.39 is 0 Å². The molecule has 0 radical (unpaired) electrons. The van der Waals surface area contributed by atoms with Crippen LogP contribution in [0.15, 0.2) is 18.2 Å². The first kappa shape index (κ1) is 30.3. The number of phenolic OH excluding ortho intramolecular Hbond substituents is 2. The summed E-state index contributed by atoms with van der Waals surface area (Å²) in [5.74, 6) is 1.20. The number of fused-ring (bicyclic) bond motifs is 1. The fraction of sp³-hybridized carbons (Fsp3) is 0.704. The van der Waals surface area contributed by atoms with Crippen LogP contribution in [0, 0.1) is 0 Å². The quantitative estimate of drug-likeness (QED) is 0.123. The van der Waals surface area contributed by atoms with Crippen molar-refractivity contribution in [3.63, 3.8) is 0 Å². The zero-order valence-corrected chi connectivity index (χ0v) is 22.9. The lowest BCUT2D eigenvalue weighted by atomic mass is 10.0. The van der Waals surface area contributed by atoms with E-state index in [4.69, 9.17) is 14.2 Å². The molecule has 2 aliphatic heterocycles. The van der Waals surface area contributed by atoms with Crippen LogP contribution in [-0.4, -0.2) is 91.4 Å². The molecule has 2 aliphatic rings. The second-order valence-corrected chi connectivity index (χ2v) is 11.0. The average Bonchev–Trinajstić information content (AvgIpc) is 3.42. The summed E-state index contributed by atoms with van der Waals surface area (Å²) in [5.41, 5.74) is 0.935. The Hall–Kier alpha value is -2.21. The average molecular weight is 554 g/mol. The van der Waals surface area contributed by atoms with Crippen LogP contribution in [0.2, 0.25) is 0 Å². The first-order chi connectivity index (χ1) is 18.5. The Kier molecular flexibility index (Phi) is 13.9. The van der Waals surface area contributed by atoms with E-state index in [9.17, 15) is 19.8 Å². The minimum atomic E-state index is -0.0576. The largest absolute Gasteiger partial charge is 0.508 e. The summed E-state index contributed by atoms with van der Waals surface area (Å²) in [6.45, 7) is 3.67. The highest BCUT2D eigenvalue weighted by atomic mass is 32.2. The van der Waals surface area contributed by atoms with Gasteiger partial charge in [-0.25, -0.2) is 4.79 Å². The van der Waals surface area contributed by atoms with Gasteiger partial charge in [0.2, 0.25) is 5.91 Å². The van der Waals surface area contributed by atoms with Crippen molar-refractivity contribution in [2.24, 2.45) is 0 Å². The van der Waals surface area contributed by atoms with E-state index >= 15 is 0 Å². The number of hydrogen-bond acceptors (Lipinski definition) is 8. The van der Waals surface area contributed by atoms with Crippen LogP contribution in [0.1, 0.15) is 50.5 Å². The third kappa shape index (κ3) is 11.7. The number of aromatic hydroxyl groups is 2. The van der Waals surface area contributed by atoms with Crippen molar-refractivity contribution in [2.75, 3.05) is 51.9 Å². The monoisotopic (exact) mass is 553 g/mol. The van der Waals surface area contributed by atoms with E-state index in [2.05, 4.69) is 16.0 Å². The zero-order chi connectivity index (χ0) is 27.0. The topological polar surface area (TPSA) is 138 Å². The summed E-state index contributed by atoms with van der Waals surface area (Å²) in [5, 5.41) is 28.3. The Morgan fingerprint density at radius 1 is 0.895 bits per heavy atom. The summed E-state index contributed by atoms with van der Waals surface area (Å²) in [7, 11) is 0. The highest BCUT2D eigenvalue weighted by Crippen LogP contribution is 2.33. The van der Waals surface area contributed by atoms with Gasteiger partial charge in [0.25, 0.3) is 0 Å². The van der Waals surface area contributed by atoms with Crippen molar-refractivity contribution in [3.05, 3.63) is 23.8 Å². The molecule has 1 aromatic carbocycles. The number of hydrogen-bond donors (Lipinski definition) is 5. The summed E-state index contributed by atoms with van der Waals surface area (Å²) in [6.07, 6.45) is 7.12. The second-order valence-electron chi connectivity index (χ2n) is 9.72. The number of unbranched alkanes of at least 4 members (excludes halogenated alkanes) is 3. The number of ether oxygens (including phenoxy) is 3. The molecular formula is C27H43N3O7S. The van der Waals surface area contributed by atoms with Crippen LogP contribution in [0.5, 0.6) is 11.5 Å². The van der Waals surface area contributed by atoms with Crippen molar-refractivity contribution in [1.29, 1.82) is 0 Å². The number of carbonyl (C=O) groups is 2. The Morgan fingerprint density at radius 2 is 1.61 bits per heavy atom. The third-order valence-corrected chi connectivity index (χ3v) is 8.12. The van der Waals surface area contributed by atoms with Gasteiger partial charge < -0.3 is 40.4 Å². The third-order valence-electron chi connectivity index (χ3n) is 6.61. The minimum Gasteiger partial charge on any atom is -0.508 e. The molecule has 0 saturated carbocycles. The van der Waals surface area contributed by atoms with E-state index in [0.29, 0.717) is 57.9 Å². The summed E-state index contributed by atoms with van der Waals surface area (Å²) >= 11 is 1.90. The first-order valence-electron chi connectivity index (χ1n) is 13.7. The molecule has 1 aromatic rings. The van der Waals surface area contributed by atoms with Crippen molar-refractivity contribution < 1.29 is 34.0 Å². The van der Waals surface area contributed by atoms with Gasteiger partial charge in [-0.3, -0.25) is 4.79 Å². The molecule has 2 heterocycles. The molecule has 3 rings (SSSR count). The predicted octanol–water partition coefficient (Wildman–Crippen LogP) is 2.70. The minimum absolute atomic E-state index is 0.0495. The van der Waals surface area contributed by atoms with Gasteiger partial charge in [0, 0.05) is 36.6 Å². The van der Waals surface area contributed by atoms with Crippen molar-refractivity contribution in [2.45, 2.75) is 68.7 Å². The first-order valence-corrected chi connectivity index (χ1v) is 14.8. The van der Waals surface area contributed by atoms with E-state index in [1.165, 1.54) is 6.07 Å². The number of nitrogens with one attached hydrogen (secondary N) is 3. The number of rotatable bonds is 20. The molecule has 5 N–H and O–H groups in total. The normalized spacial score (nSPS) is 20.2. The Balaban J connectivity index is 1.02. The van der Waals surface area contributed by atoms with Crippen LogP contribution in [0.3, 0.4) is 0 Å². The zero-order valence-electron chi connectivity index (χ0n) is 22.1. The predicted molar refractivity (Wildman–Crippen MR) is 147 cm³/mol. The number of urea groups is 1. The number of aryl methyl sites for hydroxylation is 1. The van der Waals surface area contributed by atoms with Crippen LogP contribution >= 0.6 is 11.8 Å². The van der Waals surface area contributed by atoms with Crippen LogP contribution in [0.25, 0.3) is 0 Å². The van der Waals surface area contributed by atoms with Gasteiger partial charge in [-0.1, -0.05) is 12.8 Å². The van der Waals surface area contributed by atoms with E-state index in [1.54, 1.807) is 12.1 Å². The van der Waals surface area contributed by atoms with Crippen molar-refractivity contribution in [1.82, 2.24) is 16.0 Å². The maximum atomic E-state index is 12.0. The Labute approximate surface area is 229 Å². The molecule has 0 spiro atoms. The lowest BCUT2D eigenvalue weighted by Crippen LogP contribution is -2.36. The van der Waals surface area contributed by atoms with Crippen LogP contribution in [-0.2, 0) is 25.4 Å². The Bertz CT molecular complexity index is 840. The van der Waals surface area contributed by atoms with E-state index in [-0.39, 0.29) is 35.5 Å². The SMILES string of the molecule is O=C(CCCC[C@@H]1SC[C@@H]2NC(=O)N[C@@H]21)NCCOCCOCCOCCCCCc1cc(O)cc(O)c1. The Morgan fingerprint density at radius 3 is 2.37 bits per heavy atom. The van der Waals surface area contributed by atoms with E-state index in [0.717, 1.165) is 56.3 Å². The number of amides is 3. The molecular weight excluding hydrogens is 510 g/mol. The highest BCUT2D eigenvalue weighted by Gasteiger charge is 2.42. The smallest absolute Gasteiger partial charge is 0.315 e. The maximum Gasteiger partial charge on any atom is 0.315 e. The molecule has 2 fully saturated rings. The molecule has 0 unspecified atom stereocenters. The number of carbonyl (C=O) groups excluding carboxylic acids is 2. The van der Waals surface area contributed by atoms with Gasteiger partial charge in [0.05, 0.1) is 45.1 Å². The molecule has 214 valence electrons. The fourth-order valence-corrected chi connectivity index (χ4v) is 6.22. The lowest BCUT2D eigenvalue weighted by molar-refractivity contribution is -0.121. The number of thioether (sulfide) groups is 1. The van der Waals surface area contributed by atoms with Crippen LogP contribution < -0.4 is 16.0 Å². The lowest BCUT2D eigenvalue weighted by Gasteiger charge is -2.16. The van der Waals surface area contributed by atoms with Gasteiger partial charge in [-0.05, 0) is 49.8 Å². The molecule has 11 heteroatoms. The molecule has 38 heavy (non-hydrogen) atoms. The molecule has 3 amide bonds. The van der Waals surface area contributed by atoms with Crippen molar-refractivity contribution in [3.8, 4) is 11.5 Å². The second kappa shape index (κ2) is 17.4. The van der Waals surface area contributed by atoms with Crippen molar-refractivity contribution >= 4 is 23.7 Å². The molecule has 2 saturated heterocycles. The molecule has 0 bridgehead atoms. The van der Waals surface area contributed by atoms with Crippen LogP contribution in [0.4, 0.5) is 4.79 Å². The molecule has 0 aromatic heterocycles. The summed E-state index contributed by atoms with van der Waals surface area (Å²) in [4.78, 5) is 23.4. The number of benzene rings is 1. The summed E-state index contributed by atoms with van der Waals surface area (Å²) < 4.78 is 16.6. The van der Waals surface area contributed by atoms with Gasteiger partial charge in [0.15, 0.2) is 0 Å². The highest BCUT2D eigenvalue weighted by molar-refractivity contribution is 8.00. The number of phenols is 2. The van der Waals surface area contributed by atoms with E-state index in [1.807, 2.05) is 11.8 Å². The molecule has 10 nitrogen and oxygen atoms in total. The standard InChI is InChI=1S/C27H43N3O7S/c31-21-16-20(17-22(32)18-21)6-2-1-5-10-35-12-14-37-15-13-36-11-9-28-25(33)8-4-3-7-24-26-23(19-38-24)29-27(34)30-26/h16-18,23-24,26,31-32H,1-15,19H2,(H,28,33)(H2,29,30,34)/t23-,24-,26-/m0/s1. The fourth-order valence-electron chi connectivity index (χ4n) is 4.68. The van der Waals surface area contributed by atoms with Gasteiger partial charge in [-0.15, -0.1) is 0 Å².